The molecule has 1 aliphatic rings. The fourth-order valence-electron chi connectivity index (χ4n) is 4.34. The highest BCUT2D eigenvalue weighted by atomic mass is 16.5. The van der Waals surface area contributed by atoms with E-state index < -0.39 is 0 Å². The first-order chi connectivity index (χ1) is 15.6. The van der Waals surface area contributed by atoms with E-state index in [4.69, 9.17) is 4.74 Å². The van der Waals surface area contributed by atoms with Gasteiger partial charge in [-0.2, -0.15) is 0 Å². The number of fused-ring (bicyclic) bond motifs is 1. The van der Waals surface area contributed by atoms with Gasteiger partial charge < -0.3 is 14.0 Å². The summed E-state index contributed by atoms with van der Waals surface area (Å²) < 4.78 is 7.22. The standard InChI is InChI=1S/C25H30N4O3/c1-3-32-25(31)20-12-9-14-28(17-20)18-21-23(26-22-13-7-8-15-29(21)22)24(30)27(2)16-19-10-5-4-6-11-19/h4-8,10-11,13,15,20H,3,9,12,14,16-18H2,1-2H3. The van der Waals surface area contributed by atoms with E-state index in [2.05, 4.69) is 9.88 Å². The molecule has 1 aliphatic heterocycles. The number of aromatic nitrogens is 2. The Labute approximate surface area is 188 Å². The third kappa shape index (κ3) is 4.83. The molecule has 0 spiro atoms. The summed E-state index contributed by atoms with van der Waals surface area (Å²) in [6.07, 6.45) is 3.71. The van der Waals surface area contributed by atoms with Crippen LogP contribution >= 0.6 is 0 Å². The van der Waals surface area contributed by atoms with Gasteiger partial charge >= 0.3 is 5.97 Å². The quantitative estimate of drug-likeness (QED) is 0.534. The van der Waals surface area contributed by atoms with Crippen molar-refractivity contribution in [3.63, 3.8) is 0 Å². The number of pyridine rings is 1. The molecule has 3 aromatic rings. The van der Waals surface area contributed by atoms with Crippen LogP contribution in [0.15, 0.2) is 54.7 Å². The number of imidazole rings is 1. The molecule has 0 saturated carbocycles. The lowest BCUT2D eigenvalue weighted by Gasteiger charge is -2.31. The molecule has 7 heteroatoms. The predicted molar refractivity (Wildman–Crippen MR) is 122 cm³/mol. The van der Waals surface area contributed by atoms with Gasteiger partial charge in [-0.15, -0.1) is 0 Å². The molecule has 3 heterocycles. The molecule has 168 valence electrons. The third-order valence-electron chi connectivity index (χ3n) is 5.94. The number of amides is 1. The van der Waals surface area contributed by atoms with E-state index >= 15 is 0 Å². The molecule has 2 aromatic heterocycles. The first-order valence-electron chi connectivity index (χ1n) is 11.2. The third-order valence-corrected chi connectivity index (χ3v) is 5.94. The molecule has 1 aromatic carbocycles. The molecule has 1 unspecified atom stereocenters. The number of hydrogen-bond acceptors (Lipinski definition) is 5. The molecular weight excluding hydrogens is 404 g/mol. The molecule has 32 heavy (non-hydrogen) atoms. The van der Waals surface area contributed by atoms with E-state index in [1.54, 1.807) is 11.9 Å². The summed E-state index contributed by atoms with van der Waals surface area (Å²) in [6.45, 7) is 4.81. The lowest BCUT2D eigenvalue weighted by atomic mass is 9.98. The highest BCUT2D eigenvalue weighted by molar-refractivity contribution is 5.94. The zero-order valence-electron chi connectivity index (χ0n) is 18.7. The number of carbonyl (C=O) groups excluding carboxylic acids is 2. The van der Waals surface area contributed by atoms with Crippen LogP contribution in [0.25, 0.3) is 5.65 Å². The van der Waals surface area contributed by atoms with Crippen LogP contribution in [0.2, 0.25) is 0 Å². The largest absolute Gasteiger partial charge is 0.466 e. The summed E-state index contributed by atoms with van der Waals surface area (Å²) >= 11 is 0. The van der Waals surface area contributed by atoms with Gasteiger partial charge in [-0.3, -0.25) is 14.5 Å². The molecule has 1 saturated heterocycles. The first-order valence-corrected chi connectivity index (χ1v) is 11.2. The van der Waals surface area contributed by atoms with Crippen molar-refractivity contribution in [3.05, 3.63) is 71.7 Å². The summed E-state index contributed by atoms with van der Waals surface area (Å²) in [4.78, 5) is 34.3. The number of likely N-dealkylation sites (tertiary alicyclic amines) is 1. The van der Waals surface area contributed by atoms with Crippen LogP contribution in [0.3, 0.4) is 0 Å². The number of carbonyl (C=O) groups is 2. The molecule has 4 rings (SSSR count). The fraction of sp³-hybridized carbons (Fsp3) is 0.400. The van der Waals surface area contributed by atoms with Crippen LogP contribution in [0, 0.1) is 5.92 Å². The van der Waals surface area contributed by atoms with E-state index in [1.165, 1.54) is 0 Å². The second-order valence-electron chi connectivity index (χ2n) is 8.31. The number of esters is 1. The number of hydrogen-bond donors (Lipinski definition) is 0. The van der Waals surface area contributed by atoms with Crippen LogP contribution in [-0.2, 0) is 22.6 Å². The lowest BCUT2D eigenvalue weighted by molar-refractivity contribution is -0.150. The Morgan fingerprint density at radius 1 is 1.16 bits per heavy atom. The van der Waals surface area contributed by atoms with Crippen LogP contribution < -0.4 is 0 Å². The van der Waals surface area contributed by atoms with Gasteiger partial charge in [-0.25, -0.2) is 4.98 Å². The highest BCUT2D eigenvalue weighted by Crippen LogP contribution is 2.23. The molecule has 0 radical (unpaired) electrons. The van der Waals surface area contributed by atoms with Gasteiger partial charge in [0.15, 0.2) is 5.69 Å². The minimum absolute atomic E-state index is 0.105. The number of nitrogens with zero attached hydrogens (tertiary/aromatic N) is 4. The summed E-state index contributed by atoms with van der Waals surface area (Å²) in [5.74, 6) is -0.358. The number of rotatable bonds is 7. The van der Waals surface area contributed by atoms with Crippen molar-refractivity contribution in [2.75, 3.05) is 26.7 Å². The Bertz CT molecular complexity index is 1080. The Kier molecular flexibility index (Phi) is 6.85. The summed E-state index contributed by atoms with van der Waals surface area (Å²) in [5.41, 5.74) is 3.14. The fourth-order valence-corrected chi connectivity index (χ4v) is 4.34. The average Bonchev–Trinajstić information content (AvgIpc) is 3.18. The van der Waals surface area contributed by atoms with Gasteiger partial charge in [0.25, 0.3) is 5.91 Å². The van der Waals surface area contributed by atoms with Crippen molar-refractivity contribution in [2.24, 2.45) is 5.92 Å². The van der Waals surface area contributed by atoms with Crippen molar-refractivity contribution < 1.29 is 14.3 Å². The second kappa shape index (κ2) is 9.96. The maximum absolute atomic E-state index is 13.4. The first kappa shape index (κ1) is 22.0. The minimum Gasteiger partial charge on any atom is -0.466 e. The average molecular weight is 435 g/mol. The molecule has 1 amide bonds. The normalized spacial score (nSPS) is 16.8. The molecule has 1 atom stereocenters. The van der Waals surface area contributed by atoms with Crippen molar-refractivity contribution in [1.29, 1.82) is 0 Å². The van der Waals surface area contributed by atoms with Crippen molar-refractivity contribution >= 4 is 17.5 Å². The minimum atomic E-state index is -0.130. The summed E-state index contributed by atoms with van der Waals surface area (Å²) in [5, 5.41) is 0. The lowest BCUT2D eigenvalue weighted by Crippen LogP contribution is -2.39. The van der Waals surface area contributed by atoms with E-state index in [-0.39, 0.29) is 17.8 Å². The Morgan fingerprint density at radius 3 is 2.72 bits per heavy atom. The van der Waals surface area contributed by atoms with Crippen molar-refractivity contribution in [1.82, 2.24) is 19.2 Å². The van der Waals surface area contributed by atoms with Gasteiger partial charge in [0.05, 0.1) is 18.2 Å². The summed E-state index contributed by atoms with van der Waals surface area (Å²) in [6, 6.07) is 15.7. The van der Waals surface area contributed by atoms with Gasteiger partial charge in [0.2, 0.25) is 0 Å². The van der Waals surface area contributed by atoms with E-state index in [1.807, 2.05) is 66.1 Å². The Hall–Kier alpha value is -3.19. The zero-order valence-corrected chi connectivity index (χ0v) is 18.7. The van der Waals surface area contributed by atoms with Crippen LogP contribution in [0.1, 0.15) is 41.5 Å². The molecule has 0 N–H and O–H groups in total. The monoisotopic (exact) mass is 434 g/mol. The summed E-state index contributed by atoms with van der Waals surface area (Å²) in [7, 11) is 1.81. The zero-order chi connectivity index (χ0) is 22.5. The molecule has 1 fully saturated rings. The smallest absolute Gasteiger partial charge is 0.310 e. The molecule has 0 aliphatic carbocycles. The van der Waals surface area contributed by atoms with Crippen molar-refractivity contribution in [3.8, 4) is 0 Å². The molecule has 7 nitrogen and oxygen atoms in total. The molecule has 0 bridgehead atoms. The second-order valence-corrected chi connectivity index (χ2v) is 8.31. The Morgan fingerprint density at radius 2 is 1.94 bits per heavy atom. The number of piperidine rings is 1. The Balaban J connectivity index is 1.58. The highest BCUT2D eigenvalue weighted by Gasteiger charge is 2.29. The van der Waals surface area contributed by atoms with Crippen LogP contribution in [-0.4, -0.2) is 57.8 Å². The number of ether oxygens (including phenoxy) is 1. The van der Waals surface area contributed by atoms with Crippen molar-refractivity contribution in [2.45, 2.75) is 32.9 Å². The maximum Gasteiger partial charge on any atom is 0.310 e. The van der Waals surface area contributed by atoms with E-state index in [9.17, 15) is 9.59 Å². The van der Waals surface area contributed by atoms with Gasteiger partial charge in [-0.05, 0) is 44.0 Å². The van der Waals surface area contributed by atoms with Crippen LogP contribution in [0.5, 0.6) is 0 Å². The predicted octanol–water partition coefficient (Wildman–Crippen LogP) is 3.38. The van der Waals surface area contributed by atoms with Gasteiger partial charge in [0.1, 0.15) is 5.65 Å². The van der Waals surface area contributed by atoms with E-state index in [0.29, 0.717) is 31.9 Å². The molecular formula is C25H30N4O3. The van der Waals surface area contributed by atoms with E-state index in [0.717, 1.165) is 36.3 Å². The van der Waals surface area contributed by atoms with Gasteiger partial charge in [0, 0.05) is 32.9 Å². The van der Waals surface area contributed by atoms with Gasteiger partial charge in [-0.1, -0.05) is 36.4 Å². The SMILES string of the molecule is CCOC(=O)C1CCCN(Cc2c(C(=O)N(C)Cc3ccccc3)nc3ccccn23)C1. The maximum atomic E-state index is 13.4. The van der Waals surface area contributed by atoms with Crippen LogP contribution in [0.4, 0.5) is 0 Å². The topological polar surface area (TPSA) is 67.2 Å². The number of benzene rings is 1.